The molecule has 0 spiro atoms. The van der Waals surface area contributed by atoms with Crippen molar-refractivity contribution in [3.63, 3.8) is 0 Å². The van der Waals surface area contributed by atoms with Crippen LogP contribution >= 0.6 is 0 Å². The molecule has 0 aliphatic heterocycles. The molecule has 0 aromatic heterocycles. The summed E-state index contributed by atoms with van der Waals surface area (Å²) in [5, 5.41) is 9.52. The van der Waals surface area contributed by atoms with Crippen molar-refractivity contribution in [1.29, 1.82) is 0 Å². The van der Waals surface area contributed by atoms with E-state index in [4.69, 9.17) is 9.57 Å². The fourth-order valence-corrected chi connectivity index (χ4v) is 1.13. The van der Waals surface area contributed by atoms with Crippen LogP contribution in [0.2, 0.25) is 0 Å². The molecule has 1 aromatic rings. The van der Waals surface area contributed by atoms with Gasteiger partial charge in [0.1, 0.15) is 5.75 Å². The maximum atomic E-state index is 11.5. The average Bonchev–Trinajstić information content (AvgIpc) is 2.24. The smallest absolute Gasteiger partial charge is 0.278 e. The van der Waals surface area contributed by atoms with Crippen molar-refractivity contribution in [1.82, 2.24) is 5.48 Å². The standard InChI is InChI=1S/C11H15NO4/c1-8-3-4-9(10(13)7-8)11(14)12-16-6-5-15-2/h3-4,7,13H,5-6H2,1-2H3,(H,12,14). The second-order valence-electron chi connectivity index (χ2n) is 3.29. The highest BCUT2D eigenvalue weighted by atomic mass is 16.7. The molecule has 0 radical (unpaired) electrons. The molecule has 2 N–H and O–H groups in total. The summed E-state index contributed by atoms with van der Waals surface area (Å²) < 4.78 is 4.74. The molecule has 0 saturated carbocycles. The van der Waals surface area contributed by atoms with Crippen LogP contribution in [0, 0.1) is 6.92 Å². The number of ether oxygens (including phenoxy) is 1. The highest BCUT2D eigenvalue weighted by molar-refractivity contribution is 5.96. The molecule has 1 amide bonds. The SMILES string of the molecule is COCCONC(=O)c1ccc(C)cc1O. The van der Waals surface area contributed by atoms with Gasteiger partial charge < -0.3 is 9.84 Å². The van der Waals surface area contributed by atoms with E-state index >= 15 is 0 Å². The number of amides is 1. The molecule has 0 heterocycles. The van der Waals surface area contributed by atoms with Gasteiger partial charge in [-0.1, -0.05) is 6.07 Å². The van der Waals surface area contributed by atoms with Crippen molar-refractivity contribution in [2.45, 2.75) is 6.92 Å². The Morgan fingerprint density at radius 2 is 2.19 bits per heavy atom. The van der Waals surface area contributed by atoms with Gasteiger partial charge in [-0.15, -0.1) is 0 Å². The summed E-state index contributed by atoms with van der Waals surface area (Å²) in [7, 11) is 1.54. The number of carbonyl (C=O) groups excluding carboxylic acids is 1. The lowest BCUT2D eigenvalue weighted by Gasteiger charge is -2.07. The molecule has 0 fully saturated rings. The predicted molar refractivity (Wildman–Crippen MR) is 58.1 cm³/mol. The van der Waals surface area contributed by atoms with Gasteiger partial charge in [0, 0.05) is 7.11 Å². The second-order valence-corrected chi connectivity index (χ2v) is 3.29. The predicted octanol–water partition coefficient (Wildman–Crippen LogP) is 1.01. The maximum absolute atomic E-state index is 11.5. The molecule has 0 aliphatic carbocycles. The number of phenolic OH excluding ortho intramolecular Hbond substituents is 1. The third-order valence-corrected chi connectivity index (χ3v) is 1.95. The van der Waals surface area contributed by atoms with Crippen LogP contribution in [0.25, 0.3) is 0 Å². The Bertz CT molecular complexity index is 365. The number of hydrogen-bond acceptors (Lipinski definition) is 4. The Morgan fingerprint density at radius 1 is 1.44 bits per heavy atom. The lowest BCUT2D eigenvalue weighted by atomic mass is 10.1. The Hall–Kier alpha value is -1.59. The summed E-state index contributed by atoms with van der Waals surface area (Å²) in [4.78, 5) is 16.3. The quantitative estimate of drug-likeness (QED) is 0.579. The maximum Gasteiger partial charge on any atom is 0.278 e. The van der Waals surface area contributed by atoms with Gasteiger partial charge in [0.2, 0.25) is 0 Å². The van der Waals surface area contributed by atoms with Crippen molar-refractivity contribution in [2.75, 3.05) is 20.3 Å². The second kappa shape index (κ2) is 6.09. The topological polar surface area (TPSA) is 67.8 Å². The number of phenols is 1. The largest absolute Gasteiger partial charge is 0.507 e. The summed E-state index contributed by atoms with van der Waals surface area (Å²) in [5.74, 6) is -0.540. The van der Waals surface area contributed by atoms with Gasteiger partial charge in [0.05, 0.1) is 18.8 Å². The molecule has 0 aliphatic rings. The lowest BCUT2D eigenvalue weighted by molar-refractivity contribution is 0.00875. The van der Waals surface area contributed by atoms with E-state index in [0.717, 1.165) is 5.56 Å². The van der Waals surface area contributed by atoms with Gasteiger partial charge in [0.25, 0.3) is 5.91 Å². The molecule has 16 heavy (non-hydrogen) atoms. The van der Waals surface area contributed by atoms with E-state index in [1.807, 2.05) is 6.92 Å². The Morgan fingerprint density at radius 3 is 2.81 bits per heavy atom. The zero-order valence-corrected chi connectivity index (χ0v) is 9.32. The first-order chi connectivity index (χ1) is 7.65. The number of carbonyl (C=O) groups is 1. The molecule has 1 aromatic carbocycles. The highest BCUT2D eigenvalue weighted by Gasteiger charge is 2.10. The number of rotatable bonds is 5. The molecular weight excluding hydrogens is 210 g/mol. The molecule has 0 bridgehead atoms. The van der Waals surface area contributed by atoms with E-state index in [-0.39, 0.29) is 17.9 Å². The minimum Gasteiger partial charge on any atom is -0.507 e. The van der Waals surface area contributed by atoms with Gasteiger partial charge in [-0.2, -0.15) is 0 Å². The molecule has 5 heteroatoms. The van der Waals surface area contributed by atoms with E-state index in [1.54, 1.807) is 12.1 Å². The number of benzene rings is 1. The summed E-state index contributed by atoms with van der Waals surface area (Å²) in [6.45, 7) is 2.48. The van der Waals surface area contributed by atoms with Crippen LogP contribution in [0.15, 0.2) is 18.2 Å². The number of aryl methyl sites for hydroxylation is 1. The number of hydrogen-bond donors (Lipinski definition) is 2. The molecule has 1 rings (SSSR count). The van der Waals surface area contributed by atoms with Crippen LogP contribution < -0.4 is 5.48 Å². The number of methoxy groups -OCH3 is 1. The molecule has 88 valence electrons. The highest BCUT2D eigenvalue weighted by Crippen LogP contribution is 2.17. The summed E-state index contributed by atoms with van der Waals surface area (Å²) >= 11 is 0. The van der Waals surface area contributed by atoms with Crippen LogP contribution in [0.5, 0.6) is 5.75 Å². The van der Waals surface area contributed by atoms with Gasteiger partial charge in [-0.3, -0.25) is 9.63 Å². The zero-order valence-electron chi connectivity index (χ0n) is 9.32. The zero-order chi connectivity index (χ0) is 12.0. The molecular formula is C11H15NO4. The van der Waals surface area contributed by atoms with E-state index < -0.39 is 5.91 Å². The third kappa shape index (κ3) is 3.52. The third-order valence-electron chi connectivity index (χ3n) is 1.95. The fraction of sp³-hybridized carbons (Fsp3) is 0.364. The minimum atomic E-state index is -0.478. The number of hydroxylamine groups is 1. The van der Waals surface area contributed by atoms with E-state index in [2.05, 4.69) is 5.48 Å². The van der Waals surface area contributed by atoms with Crippen LogP contribution in [0.3, 0.4) is 0 Å². The molecule has 5 nitrogen and oxygen atoms in total. The fourth-order valence-electron chi connectivity index (χ4n) is 1.13. The summed E-state index contributed by atoms with van der Waals surface area (Å²) in [6.07, 6.45) is 0. The Balaban J connectivity index is 2.53. The average molecular weight is 225 g/mol. The number of aromatic hydroxyl groups is 1. The van der Waals surface area contributed by atoms with Gasteiger partial charge in [-0.25, -0.2) is 5.48 Å². The summed E-state index contributed by atoms with van der Waals surface area (Å²) in [6, 6.07) is 4.80. The van der Waals surface area contributed by atoms with Crippen LogP contribution in [-0.2, 0) is 9.57 Å². The number of nitrogens with one attached hydrogen (secondary N) is 1. The van der Waals surface area contributed by atoms with Crippen molar-refractivity contribution in [3.8, 4) is 5.75 Å². The van der Waals surface area contributed by atoms with Crippen LogP contribution in [0.4, 0.5) is 0 Å². The summed E-state index contributed by atoms with van der Waals surface area (Å²) in [5.41, 5.74) is 3.28. The van der Waals surface area contributed by atoms with Crippen molar-refractivity contribution < 1.29 is 19.5 Å². The van der Waals surface area contributed by atoms with E-state index in [0.29, 0.717) is 6.61 Å². The van der Waals surface area contributed by atoms with Gasteiger partial charge in [-0.05, 0) is 24.6 Å². The lowest BCUT2D eigenvalue weighted by Crippen LogP contribution is -2.25. The minimum absolute atomic E-state index is 0.0622. The van der Waals surface area contributed by atoms with Gasteiger partial charge in [0.15, 0.2) is 0 Å². The van der Waals surface area contributed by atoms with Crippen molar-refractivity contribution in [2.24, 2.45) is 0 Å². The van der Waals surface area contributed by atoms with E-state index in [1.165, 1.54) is 13.2 Å². The molecule has 0 unspecified atom stereocenters. The first-order valence-electron chi connectivity index (χ1n) is 4.86. The van der Waals surface area contributed by atoms with Crippen molar-refractivity contribution in [3.05, 3.63) is 29.3 Å². The molecule has 0 atom stereocenters. The van der Waals surface area contributed by atoms with Crippen LogP contribution in [0.1, 0.15) is 15.9 Å². The first-order valence-corrected chi connectivity index (χ1v) is 4.86. The monoisotopic (exact) mass is 225 g/mol. The van der Waals surface area contributed by atoms with E-state index in [9.17, 15) is 9.90 Å². The molecule has 0 saturated heterocycles. The van der Waals surface area contributed by atoms with Crippen molar-refractivity contribution >= 4 is 5.91 Å². The van der Waals surface area contributed by atoms with Gasteiger partial charge >= 0.3 is 0 Å². The Labute approximate surface area is 93.9 Å². The van der Waals surface area contributed by atoms with Crippen LogP contribution in [-0.4, -0.2) is 31.3 Å². The first kappa shape index (κ1) is 12.5. The Kier molecular flexibility index (Phi) is 4.75. The normalized spacial score (nSPS) is 10.1.